The van der Waals surface area contributed by atoms with Crippen LogP contribution in [0.15, 0.2) is 24.3 Å². The molecule has 1 aliphatic carbocycles. The fourth-order valence-electron chi connectivity index (χ4n) is 4.16. The first-order valence-electron chi connectivity index (χ1n) is 7.62. The third-order valence-electron chi connectivity index (χ3n) is 4.96. The zero-order valence-electron chi connectivity index (χ0n) is 12.0. The highest BCUT2D eigenvalue weighted by atomic mass is 16.5. The molecule has 2 N–H and O–H groups in total. The molecule has 2 heteroatoms. The number of hydrogen-bond donors (Lipinski definition) is 1. The molecular weight excluding hydrogens is 234 g/mol. The van der Waals surface area contributed by atoms with E-state index in [0.29, 0.717) is 11.8 Å². The largest absolute Gasteiger partial charge is 0.493 e. The Kier molecular flexibility index (Phi) is 3.53. The van der Waals surface area contributed by atoms with Crippen molar-refractivity contribution in [2.24, 2.45) is 23.5 Å². The van der Waals surface area contributed by atoms with Gasteiger partial charge in [-0.3, -0.25) is 0 Å². The molecule has 0 bridgehead atoms. The van der Waals surface area contributed by atoms with Crippen molar-refractivity contribution < 1.29 is 4.74 Å². The van der Waals surface area contributed by atoms with Gasteiger partial charge in [0.1, 0.15) is 5.75 Å². The Bertz CT molecular complexity index is 435. The van der Waals surface area contributed by atoms with Gasteiger partial charge in [-0.2, -0.15) is 0 Å². The van der Waals surface area contributed by atoms with Crippen LogP contribution in [0.5, 0.6) is 5.75 Å². The lowest BCUT2D eigenvalue weighted by molar-refractivity contribution is 0.172. The van der Waals surface area contributed by atoms with Gasteiger partial charge in [0, 0.05) is 17.5 Å². The highest BCUT2D eigenvalue weighted by Gasteiger charge is 2.36. The van der Waals surface area contributed by atoms with Crippen LogP contribution in [-0.2, 0) is 0 Å². The predicted molar refractivity (Wildman–Crippen MR) is 78.3 cm³/mol. The summed E-state index contributed by atoms with van der Waals surface area (Å²) in [5, 5.41) is 0. The third kappa shape index (κ3) is 2.51. The first-order chi connectivity index (χ1) is 9.15. The zero-order valence-corrected chi connectivity index (χ0v) is 12.0. The second kappa shape index (κ2) is 5.16. The maximum absolute atomic E-state index is 6.61. The topological polar surface area (TPSA) is 35.2 Å². The maximum Gasteiger partial charge on any atom is 0.122 e. The highest BCUT2D eigenvalue weighted by molar-refractivity contribution is 5.40. The van der Waals surface area contributed by atoms with Gasteiger partial charge in [-0.1, -0.05) is 32.0 Å². The van der Waals surface area contributed by atoms with Gasteiger partial charge in [0.25, 0.3) is 0 Å². The number of rotatable bonds is 2. The van der Waals surface area contributed by atoms with E-state index in [1.807, 2.05) is 6.07 Å². The first-order valence-corrected chi connectivity index (χ1v) is 7.62. The molecule has 0 spiro atoms. The van der Waals surface area contributed by atoms with Crippen molar-refractivity contribution in [1.29, 1.82) is 0 Å². The normalized spacial score (nSPS) is 35.5. The molecule has 0 radical (unpaired) electrons. The smallest absolute Gasteiger partial charge is 0.122 e. The lowest BCUT2D eigenvalue weighted by Gasteiger charge is -2.37. The van der Waals surface area contributed by atoms with E-state index in [4.69, 9.17) is 10.5 Å². The monoisotopic (exact) mass is 259 g/mol. The minimum absolute atomic E-state index is 0.244. The van der Waals surface area contributed by atoms with E-state index >= 15 is 0 Å². The molecule has 3 rings (SSSR count). The lowest BCUT2D eigenvalue weighted by Crippen LogP contribution is -2.40. The Morgan fingerprint density at radius 1 is 1.11 bits per heavy atom. The molecule has 2 aliphatic rings. The van der Waals surface area contributed by atoms with Gasteiger partial charge in [0.2, 0.25) is 0 Å². The molecule has 4 atom stereocenters. The Morgan fingerprint density at radius 3 is 2.53 bits per heavy atom. The molecule has 2 nitrogen and oxygen atoms in total. The van der Waals surface area contributed by atoms with Crippen molar-refractivity contribution in [1.82, 2.24) is 0 Å². The van der Waals surface area contributed by atoms with Crippen LogP contribution in [-0.4, -0.2) is 12.6 Å². The van der Waals surface area contributed by atoms with Crippen LogP contribution in [0, 0.1) is 17.8 Å². The lowest BCUT2D eigenvalue weighted by atomic mass is 9.71. The second-order valence-corrected chi connectivity index (χ2v) is 6.71. The first kappa shape index (κ1) is 13.0. The van der Waals surface area contributed by atoms with Crippen LogP contribution in [0.3, 0.4) is 0 Å². The number of fused-ring (bicyclic) bond motifs is 1. The Balaban J connectivity index is 1.76. The summed E-state index contributed by atoms with van der Waals surface area (Å²) in [5.74, 6) is 3.71. The quantitative estimate of drug-likeness (QED) is 0.881. The SMILES string of the molecule is CC1CC(C)CC(C(N)C2COc3ccccc32)C1. The third-order valence-corrected chi connectivity index (χ3v) is 4.96. The number of para-hydroxylation sites is 1. The average Bonchev–Trinajstić information content (AvgIpc) is 2.80. The molecule has 4 unspecified atom stereocenters. The summed E-state index contributed by atoms with van der Waals surface area (Å²) >= 11 is 0. The fraction of sp³-hybridized carbons (Fsp3) is 0.647. The van der Waals surface area contributed by atoms with Gasteiger partial charge in [-0.05, 0) is 43.1 Å². The Labute approximate surface area is 116 Å². The molecule has 104 valence electrons. The standard InChI is InChI=1S/C17H25NO/c1-11-7-12(2)9-13(8-11)17(18)15-10-19-16-6-4-3-5-14(15)16/h3-6,11-13,15,17H,7-10,18H2,1-2H3. The molecular formula is C17H25NO. The van der Waals surface area contributed by atoms with E-state index in [1.54, 1.807) is 0 Å². The van der Waals surface area contributed by atoms with Crippen LogP contribution in [0.2, 0.25) is 0 Å². The van der Waals surface area contributed by atoms with E-state index in [9.17, 15) is 0 Å². The molecule has 1 aromatic carbocycles. The highest BCUT2D eigenvalue weighted by Crippen LogP contribution is 2.42. The van der Waals surface area contributed by atoms with Crippen LogP contribution >= 0.6 is 0 Å². The van der Waals surface area contributed by atoms with Crippen LogP contribution in [0.25, 0.3) is 0 Å². The van der Waals surface area contributed by atoms with Crippen LogP contribution in [0.1, 0.15) is 44.6 Å². The summed E-state index contributed by atoms with van der Waals surface area (Å²) in [6.07, 6.45) is 3.93. The summed E-state index contributed by atoms with van der Waals surface area (Å²) < 4.78 is 5.80. The fourth-order valence-corrected chi connectivity index (χ4v) is 4.16. The summed E-state index contributed by atoms with van der Waals surface area (Å²) in [6, 6.07) is 8.63. The average molecular weight is 259 g/mol. The minimum atomic E-state index is 0.244. The van der Waals surface area contributed by atoms with Crippen molar-refractivity contribution in [3.8, 4) is 5.75 Å². The van der Waals surface area contributed by atoms with Crippen molar-refractivity contribution in [2.75, 3.05) is 6.61 Å². The van der Waals surface area contributed by atoms with Crippen LogP contribution in [0.4, 0.5) is 0 Å². The van der Waals surface area contributed by atoms with Crippen molar-refractivity contribution in [3.63, 3.8) is 0 Å². The molecule has 19 heavy (non-hydrogen) atoms. The van der Waals surface area contributed by atoms with Crippen LogP contribution < -0.4 is 10.5 Å². The van der Waals surface area contributed by atoms with E-state index in [-0.39, 0.29) is 6.04 Å². The van der Waals surface area contributed by atoms with Gasteiger partial charge in [0.05, 0.1) is 6.61 Å². The number of nitrogens with two attached hydrogens (primary N) is 1. The molecule has 0 saturated heterocycles. The maximum atomic E-state index is 6.61. The van der Waals surface area contributed by atoms with E-state index in [2.05, 4.69) is 32.0 Å². The Hall–Kier alpha value is -1.02. The molecule has 1 aromatic rings. The summed E-state index contributed by atoms with van der Waals surface area (Å²) in [6.45, 7) is 5.50. The molecule has 1 heterocycles. The van der Waals surface area contributed by atoms with Gasteiger partial charge >= 0.3 is 0 Å². The molecule has 0 amide bonds. The van der Waals surface area contributed by atoms with E-state index in [1.165, 1.54) is 24.8 Å². The van der Waals surface area contributed by atoms with Gasteiger partial charge in [-0.15, -0.1) is 0 Å². The van der Waals surface area contributed by atoms with E-state index in [0.717, 1.165) is 24.2 Å². The summed E-state index contributed by atoms with van der Waals surface area (Å²) in [5.41, 5.74) is 7.93. The van der Waals surface area contributed by atoms with E-state index < -0.39 is 0 Å². The molecule has 0 aromatic heterocycles. The molecule has 1 fully saturated rings. The minimum Gasteiger partial charge on any atom is -0.493 e. The summed E-state index contributed by atoms with van der Waals surface area (Å²) in [4.78, 5) is 0. The van der Waals surface area contributed by atoms with Gasteiger partial charge < -0.3 is 10.5 Å². The number of hydrogen-bond acceptors (Lipinski definition) is 2. The van der Waals surface area contributed by atoms with Crippen molar-refractivity contribution in [2.45, 2.75) is 45.1 Å². The second-order valence-electron chi connectivity index (χ2n) is 6.71. The summed E-state index contributed by atoms with van der Waals surface area (Å²) in [7, 11) is 0. The molecule has 1 aliphatic heterocycles. The molecule has 1 saturated carbocycles. The van der Waals surface area contributed by atoms with Crippen molar-refractivity contribution >= 4 is 0 Å². The predicted octanol–water partition coefficient (Wildman–Crippen LogP) is 3.56. The van der Waals surface area contributed by atoms with Crippen molar-refractivity contribution in [3.05, 3.63) is 29.8 Å². The Morgan fingerprint density at radius 2 is 1.79 bits per heavy atom. The van der Waals surface area contributed by atoms with Gasteiger partial charge in [-0.25, -0.2) is 0 Å². The zero-order chi connectivity index (χ0) is 13.4. The number of ether oxygens (including phenoxy) is 1. The van der Waals surface area contributed by atoms with Gasteiger partial charge in [0.15, 0.2) is 0 Å². The number of benzene rings is 1.